The minimum atomic E-state index is -0.0353. The van der Waals surface area contributed by atoms with Gasteiger partial charge in [0.15, 0.2) is 5.89 Å². The van der Waals surface area contributed by atoms with E-state index in [1.54, 1.807) is 6.26 Å². The first kappa shape index (κ1) is 8.72. The molecule has 0 radical (unpaired) electrons. The Hall–Kier alpha value is -0.870. The van der Waals surface area contributed by atoms with Crippen LogP contribution < -0.4 is 11.1 Å². The van der Waals surface area contributed by atoms with Crippen molar-refractivity contribution in [1.29, 1.82) is 0 Å². The lowest BCUT2D eigenvalue weighted by atomic mass is 10.1. The molecule has 1 aliphatic heterocycles. The summed E-state index contributed by atoms with van der Waals surface area (Å²) in [5.41, 5.74) is 6.54. The van der Waals surface area contributed by atoms with Crippen molar-refractivity contribution in [3.05, 3.63) is 17.8 Å². The molecular weight excluding hydrogens is 166 g/mol. The van der Waals surface area contributed by atoms with E-state index >= 15 is 0 Å². The molecule has 0 aromatic carbocycles. The van der Waals surface area contributed by atoms with E-state index in [1.165, 1.54) is 0 Å². The first-order chi connectivity index (χ1) is 6.27. The minimum absolute atomic E-state index is 0.0353. The molecule has 1 saturated heterocycles. The first-order valence-corrected chi connectivity index (χ1v) is 4.69. The predicted molar refractivity (Wildman–Crippen MR) is 49.3 cm³/mol. The highest BCUT2D eigenvalue weighted by molar-refractivity contribution is 5.05. The standard InChI is InChI=1S/C9H15N3O/c1-6(10)8-5-13-9(12-8)7-2-3-11-4-7/h5-7,11H,2-4,10H2,1H3. The van der Waals surface area contributed by atoms with E-state index in [1.807, 2.05) is 6.92 Å². The van der Waals surface area contributed by atoms with Gasteiger partial charge in [0.25, 0.3) is 0 Å². The molecule has 0 spiro atoms. The van der Waals surface area contributed by atoms with E-state index in [0.717, 1.165) is 31.1 Å². The Morgan fingerprint density at radius 2 is 2.62 bits per heavy atom. The Morgan fingerprint density at radius 3 is 3.15 bits per heavy atom. The van der Waals surface area contributed by atoms with E-state index in [-0.39, 0.29) is 6.04 Å². The van der Waals surface area contributed by atoms with E-state index in [0.29, 0.717) is 5.92 Å². The van der Waals surface area contributed by atoms with Crippen molar-refractivity contribution in [2.45, 2.75) is 25.3 Å². The van der Waals surface area contributed by atoms with Crippen LogP contribution in [-0.4, -0.2) is 18.1 Å². The fourth-order valence-corrected chi connectivity index (χ4v) is 1.56. The highest BCUT2D eigenvalue weighted by Crippen LogP contribution is 2.22. The zero-order valence-corrected chi connectivity index (χ0v) is 7.79. The smallest absolute Gasteiger partial charge is 0.198 e. The molecule has 3 N–H and O–H groups in total. The van der Waals surface area contributed by atoms with Crippen LogP contribution in [0.1, 0.15) is 36.9 Å². The zero-order valence-electron chi connectivity index (χ0n) is 7.79. The van der Waals surface area contributed by atoms with Crippen LogP contribution in [0.2, 0.25) is 0 Å². The third-order valence-corrected chi connectivity index (χ3v) is 2.42. The second-order valence-electron chi connectivity index (χ2n) is 3.59. The average molecular weight is 181 g/mol. The maximum absolute atomic E-state index is 5.69. The van der Waals surface area contributed by atoms with Gasteiger partial charge in [0.1, 0.15) is 6.26 Å². The third kappa shape index (κ3) is 1.73. The fourth-order valence-electron chi connectivity index (χ4n) is 1.56. The van der Waals surface area contributed by atoms with Crippen molar-refractivity contribution in [2.24, 2.45) is 5.73 Å². The Bertz CT molecular complexity index is 276. The molecule has 0 saturated carbocycles. The topological polar surface area (TPSA) is 64.1 Å². The molecular formula is C9H15N3O. The summed E-state index contributed by atoms with van der Waals surface area (Å²) in [5.74, 6) is 1.27. The third-order valence-electron chi connectivity index (χ3n) is 2.42. The van der Waals surface area contributed by atoms with Crippen LogP contribution in [0.15, 0.2) is 10.7 Å². The number of aromatic nitrogens is 1. The molecule has 1 aromatic heterocycles. The maximum Gasteiger partial charge on any atom is 0.198 e. The summed E-state index contributed by atoms with van der Waals surface area (Å²) in [6.07, 6.45) is 2.78. The molecule has 72 valence electrons. The number of hydrogen-bond acceptors (Lipinski definition) is 4. The number of oxazole rings is 1. The minimum Gasteiger partial charge on any atom is -0.448 e. The summed E-state index contributed by atoms with van der Waals surface area (Å²) < 4.78 is 5.38. The van der Waals surface area contributed by atoms with Gasteiger partial charge in [0.05, 0.1) is 5.69 Å². The molecule has 13 heavy (non-hydrogen) atoms. The van der Waals surface area contributed by atoms with Gasteiger partial charge in [0.2, 0.25) is 0 Å². The van der Waals surface area contributed by atoms with Gasteiger partial charge in [-0.15, -0.1) is 0 Å². The molecule has 2 rings (SSSR count). The highest BCUT2D eigenvalue weighted by Gasteiger charge is 2.21. The molecule has 0 aliphatic carbocycles. The van der Waals surface area contributed by atoms with E-state index in [9.17, 15) is 0 Å². The molecule has 2 atom stereocenters. The van der Waals surface area contributed by atoms with Gasteiger partial charge in [0, 0.05) is 18.5 Å². The average Bonchev–Trinajstić information content (AvgIpc) is 2.75. The van der Waals surface area contributed by atoms with Crippen LogP contribution in [0, 0.1) is 0 Å². The van der Waals surface area contributed by atoms with E-state index < -0.39 is 0 Å². The number of nitrogens with one attached hydrogen (secondary N) is 1. The van der Waals surface area contributed by atoms with Gasteiger partial charge >= 0.3 is 0 Å². The Morgan fingerprint density at radius 1 is 1.77 bits per heavy atom. The van der Waals surface area contributed by atoms with Crippen molar-refractivity contribution in [3.8, 4) is 0 Å². The summed E-state index contributed by atoms with van der Waals surface area (Å²) in [7, 11) is 0. The van der Waals surface area contributed by atoms with Crippen LogP contribution in [-0.2, 0) is 0 Å². The van der Waals surface area contributed by atoms with Crippen LogP contribution >= 0.6 is 0 Å². The van der Waals surface area contributed by atoms with E-state index in [4.69, 9.17) is 10.2 Å². The lowest BCUT2D eigenvalue weighted by molar-refractivity contribution is 0.457. The number of nitrogens with two attached hydrogens (primary N) is 1. The molecule has 4 heteroatoms. The van der Waals surface area contributed by atoms with Crippen molar-refractivity contribution in [1.82, 2.24) is 10.3 Å². The van der Waals surface area contributed by atoms with Gasteiger partial charge in [-0.3, -0.25) is 0 Å². The second-order valence-corrected chi connectivity index (χ2v) is 3.59. The quantitative estimate of drug-likeness (QED) is 0.707. The largest absolute Gasteiger partial charge is 0.448 e. The van der Waals surface area contributed by atoms with Crippen molar-refractivity contribution in [3.63, 3.8) is 0 Å². The molecule has 0 bridgehead atoms. The molecule has 4 nitrogen and oxygen atoms in total. The number of rotatable bonds is 2. The SMILES string of the molecule is CC(N)c1coc(C2CCNC2)n1. The summed E-state index contributed by atoms with van der Waals surface area (Å²) >= 11 is 0. The summed E-state index contributed by atoms with van der Waals surface area (Å²) in [6, 6.07) is -0.0353. The highest BCUT2D eigenvalue weighted by atomic mass is 16.3. The van der Waals surface area contributed by atoms with Gasteiger partial charge in [-0.2, -0.15) is 0 Å². The van der Waals surface area contributed by atoms with Crippen molar-refractivity contribution < 1.29 is 4.42 Å². The van der Waals surface area contributed by atoms with Crippen LogP contribution in [0.25, 0.3) is 0 Å². The van der Waals surface area contributed by atoms with Crippen molar-refractivity contribution in [2.75, 3.05) is 13.1 Å². The summed E-state index contributed by atoms with van der Waals surface area (Å²) in [6.45, 7) is 3.94. The van der Waals surface area contributed by atoms with Crippen molar-refractivity contribution >= 4 is 0 Å². The number of hydrogen-bond donors (Lipinski definition) is 2. The Labute approximate surface area is 77.5 Å². The molecule has 2 unspecified atom stereocenters. The Balaban J connectivity index is 2.12. The number of nitrogens with zero attached hydrogens (tertiary/aromatic N) is 1. The monoisotopic (exact) mass is 181 g/mol. The maximum atomic E-state index is 5.69. The lowest BCUT2D eigenvalue weighted by Crippen LogP contribution is -2.09. The first-order valence-electron chi connectivity index (χ1n) is 4.69. The summed E-state index contributed by atoms with van der Waals surface area (Å²) in [4.78, 5) is 4.36. The van der Waals surface area contributed by atoms with Gasteiger partial charge in [-0.25, -0.2) is 4.98 Å². The second kappa shape index (κ2) is 3.47. The molecule has 1 aliphatic rings. The fraction of sp³-hybridized carbons (Fsp3) is 0.667. The summed E-state index contributed by atoms with van der Waals surface area (Å²) in [5, 5.41) is 3.28. The molecule has 1 aromatic rings. The normalized spacial score (nSPS) is 24.9. The molecule has 2 heterocycles. The van der Waals surface area contributed by atoms with Gasteiger partial charge in [-0.05, 0) is 19.9 Å². The molecule has 0 amide bonds. The Kier molecular flexibility index (Phi) is 2.33. The molecule has 1 fully saturated rings. The van der Waals surface area contributed by atoms with Gasteiger partial charge in [-0.1, -0.05) is 0 Å². The predicted octanol–water partition coefficient (Wildman–Crippen LogP) is 0.771. The van der Waals surface area contributed by atoms with Crippen LogP contribution in [0.5, 0.6) is 0 Å². The van der Waals surface area contributed by atoms with Crippen LogP contribution in [0.3, 0.4) is 0 Å². The zero-order chi connectivity index (χ0) is 9.26. The van der Waals surface area contributed by atoms with Gasteiger partial charge < -0.3 is 15.5 Å². The van der Waals surface area contributed by atoms with E-state index in [2.05, 4.69) is 10.3 Å². The van der Waals surface area contributed by atoms with Crippen LogP contribution in [0.4, 0.5) is 0 Å². The lowest BCUT2D eigenvalue weighted by Gasteiger charge is -2.01.